The molecule has 0 saturated carbocycles. The Hall–Kier alpha value is -1.51. The monoisotopic (exact) mass is 151 g/mol. The Balaban J connectivity index is 2.63. The summed E-state index contributed by atoms with van der Waals surface area (Å²) in [6.45, 7) is 1.69. The van der Waals surface area contributed by atoms with Crippen LogP contribution in [0.1, 0.15) is 12.7 Å². The van der Waals surface area contributed by atoms with Crippen molar-refractivity contribution in [1.82, 2.24) is 0 Å². The van der Waals surface area contributed by atoms with Crippen molar-refractivity contribution in [3.63, 3.8) is 0 Å². The van der Waals surface area contributed by atoms with Crippen molar-refractivity contribution < 1.29 is 9.62 Å². The minimum atomic E-state index is 0.543. The molecule has 0 fully saturated rings. The van der Waals surface area contributed by atoms with Crippen LogP contribution in [0.5, 0.6) is 0 Å². The number of allylic oxidation sites excluding steroid dienone is 1. The van der Waals surface area contributed by atoms with Gasteiger partial charge in [-0.15, -0.1) is 0 Å². The lowest BCUT2D eigenvalue weighted by atomic mass is 10.3. The van der Waals surface area contributed by atoms with Crippen LogP contribution in [0.4, 0.5) is 0 Å². The van der Waals surface area contributed by atoms with Crippen LogP contribution < -0.4 is 0 Å². The van der Waals surface area contributed by atoms with Crippen molar-refractivity contribution in [1.29, 1.82) is 0 Å². The Morgan fingerprint density at radius 2 is 2.55 bits per heavy atom. The summed E-state index contributed by atoms with van der Waals surface area (Å²) in [4.78, 5) is 0. The number of hydrogen-bond donors (Lipinski definition) is 1. The van der Waals surface area contributed by atoms with E-state index in [1.54, 1.807) is 31.4 Å². The van der Waals surface area contributed by atoms with Crippen LogP contribution in [-0.2, 0) is 0 Å². The van der Waals surface area contributed by atoms with E-state index >= 15 is 0 Å². The lowest BCUT2D eigenvalue weighted by Crippen LogP contribution is -1.81. The van der Waals surface area contributed by atoms with Gasteiger partial charge >= 0.3 is 0 Å². The Morgan fingerprint density at radius 1 is 1.73 bits per heavy atom. The first-order valence-electron chi connectivity index (χ1n) is 3.23. The second-order valence-corrected chi connectivity index (χ2v) is 2.09. The lowest BCUT2D eigenvalue weighted by molar-refractivity contribution is 0.319. The van der Waals surface area contributed by atoms with Crippen molar-refractivity contribution in [2.45, 2.75) is 6.92 Å². The maximum atomic E-state index is 8.27. The summed E-state index contributed by atoms with van der Waals surface area (Å²) in [7, 11) is 0. The van der Waals surface area contributed by atoms with Gasteiger partial charge in [0.05, 0.1) is 12.0 Å². The predicted octanol–water partition coefficient (Wildman–Crippen LogP) is 2.14. The van der Waals surface area contributed by atoms with E-state index in [-0.39, 0.29) is 0 Å². The van der Waals surface area contributed by atoms with Gasteiger partial charge in [-0.2, -0.15) is 0 Å². The van der Waals surface area contributed by atoms with E-state index in [4.69, 9.17) is 9.62 Å². The first kappa shape index (κ1) is 7.60. The summed E-state index contributed by atoms with van der Waals surface area (Å²) in [6, 6.07) is 3.62. The number of furan rings is 1. The van der Waals surface area contributed by atoms with Gasteiger partial charge < -0.3 is 9.62 Å². The Kier molecular flexibility index (Phi) is 2.49. The summed E-state index contributed by atoms with van der Waals surface area (Å²) in [6.07, 6.45) is 4.99. The normalized spacial score (nSPS) is 12.6. The van der Waals surface area contributed by atoms with E-state index < -0.39 is 0 Å². The minimum Gasteiger partial charge on any atom is -0.465 e. The Bertz CT molecular complexity index is 260. The molecule has 0 saturated heterocycles. The van der Waals surface area contributed by atoms with Crippen molar-refractivity contribution in [2.24, 2.45) is 5.16 Å². The molecule has 0 aliphatic heterocycles. The first-order chi connectivity index (χ1) is 5.33. The highest BCUT2D eigenvalue weighted by Gasteiger charge is 1.87. The molecular weight excluding hydrogens is 142 g/mol. The highest BCUT2D eigenvalue weighted by atomic mass is 16.4. The molecule has 0 bridgehead atoms. The molecular formula is C8H9NO2. The van der Waals surface area contributed by atoms with Gasteiger partial charge in [0, 0.05) is 0 Å². The third-order valence-corrected chi connectivity index (χ3v) is 1.19. The number of nitrogens with zero attached hydrogens (tertiary/aromatic N) is 1. The van der Waals surface area contributed by atoms with E-state index in [9.17, 15) is 0 Å². The lowest BCUT2D eigenvalue weighted by Gasteiger charge is -1.83. The molecule has 1 aromatic rings. The third-order valence-electron chi connectivity index (χ3n) is 1.19. The summed E-state index contributed by atoms with van der Waals surface area (Å²) in [5.41, 5.74) is 0.543. The fourth-order valence-corrected chi connectivity index (χ4v) is 0.622. The van der Waals surface area contributed by atoms with E-state index in [0.717, 1.165) is 5.76 Å². The second kappa shape index (κ2) is 3.61. The highest BCUT2D eigenvalue weighted by Crippen LogP contribution is 2.01. The van der Waals surface area contributed by atoms with Gasteiger partial charge in [-0.1, -0.05) is 5.16 Å². The van der Waals surface area contributed by atoms with Gasteiger partial charge in [0.1, 0.15) is 5.76 Å². The fourth-order valence-electron chi connectivity index (χ4n) is 0.622. The van der Waals surface area contributed by atoms with Gasteiger partial charge in [-0.3, -0.25) is 0 Å². The third kappa shape index (κ3) is 2.29. The average molecular weight is 151 g/mol. The smallest absolute Gasteiger partial charge is 0.126 e. The Labute approximate surface area is 64.6 Å². The molecule has 0 aliphatic carbocycles. The zero-order valence-corrected chi connectivity index (χ0v) is 6.19. The van der Waals surface area contributed by atoms with Crippen LogP contribution in [0.25, 0.3) is 6.08 Å². The van der Waals surface area contributed by atoms with Crippen LogP contribution >= 0.6 is 0 Å². The van der Waals surface area contributed by atoms with E-state index in [2.05, 4.69) is 5.16 Å². The maximum absolute atomic E-state index is 8.27. The summed E-state index contributed by atoms with van der Waals surface area (Å²) in [5.74, 6) is 0.744. The molecule has 1 N–H and O–H groups in total. The molecule has 58 valence electrons. The fraction of sp³-hybridized carbons (Fsp3) is 0.125. The van der Waals surface area contributed by atoms with Crippen LogP contribution in [0.3, 0.4) is 0 Å². The van der Waals surface area contributed by atoms with E-state index in [1.807, 2.05) is 6.07 Å². The molecule has 0 atom stereocenters. The summed E-state index contributed by atoms with van der Waals surface area (Å²) >= 11 is 0. The van der Waals surface area contributed by atoms with Gasteiger partial charge in [0.15, 0.2) is 0 Å². The molecule has 3 heteroatoms. The van der Waals surface area contributed by atoms with Crippen molar-refractivity contribution in [3.05, 3.63) is 30.2 Å². The van der Waals surface area contributed by atoms with Crippen LogP contribution in [0, 0.1) is 0 Å². The van der Waals surface area contributed by atoms with Crippen molar-refractivity contribution in [3.8, 4) is 0 Å². The van der Waals surface area contributed by atoms with Gasteiger partial charge in [0.2, 0.25) is 0 Å². The topological polar surface area (TPSA) is 45.7 Å². The Morgan fingerprint density at radius 3 is 3.09 bits per heavy atom. The highest BCUT2D eigenvalue weighted by molar-refractivity contribution is 5.95. The summed E-state index contributed by atoms with van der Waals surface area (Å²) < 4.78 is 5.00. The molecule has 3 nitrogen and oxygen atoms in total. The zero-order chi connectivity index (χ0) is 8.10. The van der Waals surface area contributed by atoms with Crippen LogP contribution in [-0.4, -0.2) is 10.9 Å². The second-order valence-electron chi connectivity index (χ2n) is 2.09. The molecule has 0 aromatic carbocycles. The molecule has 0 radical (unpaired) electrons. The molecule has 0 spiro atoms. The maximum Gasteiger partial charge on any atom is 0.126 e. The molecule has 0 amide bonds. The number of oxime groups is 1. The SMILES string of the molecule is CC(/C=C/c1ccco1)=N/O. The van der Waals surface area contributed by atoms with Gasteiger partial charge in [-0.25, -0.2) is 0 Å². The molecule has 0 unspecified atom stereocenters. The molecule has 11 heavy (non-hydrogen) atoms. The number of rotatable bonds is 2. The average Bonchev–Trinajstić information content (AvgIpc) is 2.52. The largest absolute Gasteiger partial charge is 0.465 e. The minimum absolute atomic E-state index is 0.543. The quantitative estimate of drug-likeness (QED) is 0.400. The summed E-state index contributed by atoms with van der Waals surface area (Å²) in [5, 5.41) is 11.2. The van der Waals surface area contributed by atoms with Crippen molar-refractivity contribution >= 4 is 11.8 Å². The number of hydrogen-bond acceptors (Lipinski definition) is 3. The molecule has 0 aliphatic rings. The molecule has 1 aromatic heterocycles. The van der Waals surface area contributed by atoms with E-state index in [1.165, 1.54) is 0 Å². The van der Waals surface area contributed by atoms with Crippen molar-refractivity contribution in [2.75, 3.05) is 0 Å². The molecule has 1 heterocycles. The zero-order valence-electron chi connectivity index (χ0n) is 6.19. The standard InChI is InChI=1S/C8H9NO2/c1-7(9-10)4-5-8-3-2-6-11-8/h2-6,10H,1H3/b5-4+,9-7-. The van der Waals surface area contributed by atoms with Gasteiger partial charge in [-0.05, 0) is 31.2 Å². The molecule has 1 rings (SSSR count). The van der Waals surface area contributed by atoms with E-state index in [0.29, 0.717) is 5.71 Å². The van der Waals surface area contributed by atoms with Gasteiger partial charge in [0.25, 0.3) is 0 Å². The predicted molar refractivity (Wildman–Crippen MR) is 42.6 cm³/mol. The van der Waals surface area contributed by atoms with Crippen LogP contribution in [0.15, 0.2) is 34.0 Å². The first-order valence-corrected chi connectivity index (χ1v) is 3.23. The van der Waals surface area contributed by atoms with Crippen LogP contribution in [0.2, 0.25) is 0 Å².